The minimum atomic E-state index is -0.645. The van der Waals surface area contributed by atoms with Crippen LogP contribution in [0, 0.1) is 0 Å². The summed E-state index contributed by atoms with van der Waals surface area (Å²) in [6, 6.07) is 8.72. The quantitative estimate of drug-likeness (QED) is 0.841. The predicted octanol–water partition coefficient (Wildman–Crippen LogP) is 3.19. The van der Waals surface area contributed by atoms with Crippen LogP contribution in [0.15, 0.2) is 30.3 Å². The van der Waals surface area contributed by atoms with Gasteiger partial charge in [-0.15, -0.1) is 11.3 Å². The third-order valence-electron chi connectivity index (χ3n) is 4.54. The number of halogens is 1. The minimum Gasteiger partial charge on any atom is -0.340 e. The number of hydrogen-bond acceptors (Lipinski definition) is 4. The number of likely N-dealkylation sites (N-methyl/N-ethyl adjacent to an activating group) is 1. The number of hydrogen-bond donors (Lipinski definition) is 2. The molecule has 0 spiro atoms. The summed E-state index contributed by atoms with van der Waals surface area (Å²) in [6.45, 7) is 3.73. The SMILES string of the molecule is CC(NC(=O)c1ccc(Cl)s1)C(=O)Nc1ccc2c(c1)CCN(C)CC2. The number of amides is 2. The summed E-state index contributed by atoms with van der Waals surface area (Å²) < 4.78 is 0.544. The molecule has 0 fully saturated rings. The Morgan fingerprint density at radius 1 is 1.15 bits per heavy atom. The Balaban J connectivity index is 1.61. The molecule has 1 aromatic heterocycles. The molecule has 26 heavy (non-hydrogen) atoms. The van der Waals surface area contributed by atoms with E-state index < -0.39 is 6.04 Å². The Morgan fingerprint density at radius 3 is 2.58 bits per heavy atom. The van der Waals surface area contributed by atoms with Crippen LogP contribution >= 0.6 is 22.9 Å². The number of nitrogens with one attached hydrogen (secondary N) is 2. The summed E-state index contributed by atoms with van der Waals surface area (Å²) in [7, 11) is 2.12. The second-order valence-corrected chi connectivity index (χ2v) is 8.29. The lowest BCUT2D eigenvalue weighted by atomic mass is 10.0. The van der Waals surface area contributed by atoms with Gasteiger partial charge < -0.3 is 15.5 Å². The van der Waals surface area contributed by atoms with Crippen LogP contribution in [0.25, 0.3) is 0 Å². The van der Waals surface area contributed by atoms with E-state index >= 15 is 0 Å². The van der Waals surface area contributed by atoms with Crippen molar-refractivity contribution in [3.05, 3.63) is 50.7 Å². The molecule has 2 aromatic rings. The molecule has 5 nitrogen and oxygen atoms in total. The average molecular weight is 392 g/mol. The van der Waals surface area contributed by atoms with Crippen LogP contribution in [0.1, 0.15) is 27.7 Å². The zero-order valence-corrected chi connectivity index (χ0v) is 16.4. The summed E-state index contributed by atoms with van der Waals surface area (Å²) in [5.41, 5.74) is 3.37. The number of fused-ring (bicyclic) bond motifs is 1. The molecule has 7 heteroatoms. The molecule has 1 aromatic carbocycles. The highest BCUT2D eigenvalue weighted by molar-refractivity contribution is 7.18. The molecule has 0 saturated carbocycles. The fourth-order valence-electron chi connectivity index (χ4n) is 2.93. The summed E-state index contributed by atoms with van der Waals surface area (Å²) in [5.74, 6) is -0.541. The van der Waals surface area contributed by atoms with Crippen molar-refractivity contribution in [2.24, 2.45) is 0 Å². The van der Waals surface area contributed by atoms with Gasteiger partial charge >= 0.3 is 0 Å². The highest BCUT2D eigenvalue weighted by Crippen LogP contribution is 2.22. The Morgan fingerprint density at radius 2 is 1.88 bits per heavy atom. The van der Waals surface area contributed by atoms with Crippen LogP contribution in [0.5, 0.6) is 0 Å². The maximum absolute atomic E-state index is 12.4. The van der Waals surface area contributed by atoms with Crippen molar-refractivity contribution in [3.63, 3.8) is 0 Å². The van der Waals surface area contributed by atoms with E-state index in [1.165, 1.54) is 22.5 Å². The van der Waals surface area contributed by atoms with E-state index in [-0.39, 0.29) is 11.8 Å². The van der Waals surface area contributed by atoms with Gasteiger partial charge in [-0.05, 0) is 62.2 Å². The Hall–Kier alpha value is -1.89. The van der Waals surface area contributed by atoms with Gasteiger partial charge in [-0.1, -0.05) is 17.7 Å². The smallest absolute Gasteiger partial charge is 0.262 e. The Kier molecular flexibility index (Phi) is 5.96. The van der Waals surface area contributed by atoms with E-state index in [1.54, 1.807) is 19.1 Å². The standard InChI is InChI=1S/C19H22ClN3O2S/c1-12(21-19(25)16-5-6-17(20)26-16)18(24)22-15-4-3-13-7-9-23(2)10-8-14(13)11-15/h3-6,11-12H,7-10H2,1-2H3,(H,21,25)(H,22,24). The Bertz CT molecular complexity index is 821. The molecule has 0 aliphatic carbocycles. The van der Waals surface area contributed by atoms with Gasteiger partial charge in [0.2, 0.25) is 5.91 Å². The summed E-state index contributed by atoms with van der Waals surface area (Å²) >= 11 is 7.03. The average Bonchev–Trinajstić information content (AvgIpc) is 2.96. The number of anilines is 1. The molecular weight excluding hydrogens is 370 g/mol. The molecule has 1 aliphatic heterocycles. The van der Waals surface area contributed by atoms with Gasteiger partial charge in [-0.3, -0.25) is 9.59 Å². The van der Waals surface area contributed by atoms with Crippen molar-refractivity contribution in [1.29, 1.82) is 0 Å². The number of carbonyl (C=O) groups is 2. The molecule has 2 N–H and O–H groups in total. The molecule has 1 aliphatic rings. The number of benzene rings is 1. The van der Waals surface area contributed by atoms with Gasteiger partial charge in [0.1, 0.15) is 6.04 Å². The highest BCUT2D eigenvalue weighted by atomic mass is 35.5. The van der Waals surface area contributed by atoms with Crippen molar-refractivity contribution in [2.45, 2.75) is 25.8 Å². The first kappa shape index (κ1) is 18.9. The highest BCUT2D eigenvalue weighted by Gasteiger charge is 2.19. The van der Waals surface area contributed by atoms with Gasteiger partial charge in [0.15, 0.2) is 0 Å². The van der Waals surface area contributed by atoms with Gasteiger partial charge in [0.25, 0.3) is 5.91 Å². The van der Waals surface area contributed by atoms with E-state index in [1.807, 2.05) is 12.1 Å². The number of rotatable bonds is 4. The van der Waals surface area contributed by atoms with E-state index in [4.69, 9.17) is 11.6 Å². The molecule has 0 saturated heterocycles. The van der Waals surface area contributed by atoms with E-state index in [0.717, 1.165) is 31.6 Å². The largest absolute Gasteiger partial charge is 0.340 e. The molecule has 1 atom stereocenters. The van der Waals surface area contributed by atoms with Crippen LogP contribution in [-0.4, -0.2) is 42.9 Å². The van der Waals surface area contributed by atoms with Crippen LogP contribution in [0.3, 0.4) is 0 Å². The lowest BCUT2D eigenvalue weighted by Gasteiger charge is -2.15. The number of carbonyl (C=O) groups excluding carboxylic acids is 2. The van der Waals surface area contributed by atoms with Gasteiger partial charge in [-0.2, -0.15) is 0 Å². The van der Waals surface area contributed by atoms with E-state index in [2.05, 4.69) is 28.6 Å². The van der Waals surface area contributed by atoms with Crippen molar-refractivity contribution < 1.29 is 9.59 Å². The summed E-state index contributed by atoms with van der Waals surface area (Å²) in [4.78, 5) is 27.4. The second-order valence-electron chi connectivity index (χ2n) is 6.57. The minimum absolute atomic E-state index is 0.244. The fraction of sp³-hybridized carbons (Fsp3) is 0.368. The first-order valence-corrected chi connectivity index (χ1v) is 9.79. The Labute approximate surface area is 162 Å². The summed E-state index contributed by atoms with van der Waals surface area (Å²) in [6.07, 6.45) is 2.00. The lowest BCUT2D eigenvalue weighted by Crippen LogP contribution is -2.41. The van der Waals surface area contributed by atoms with E-state index in [9.17, 15) is 9.59 Å². The molecule has 2 amide bonds. The van der Waals surface area contributed by atoms with Crippen molar-refractivity contribution in [2.75, 3.05) is 25.5 Å². The van der Waals surface area contributed by atoms with Gasteiger partial charge in [0, 0.05) is 18.8 Å². The third-order valence-corrected chi connectivity index (χ3v) is 5.77. The third kappa shape index (κ3) is 4.63. The molecular formula is C19H22ClN3O2S. The second kappa shape index (κ2) is 8.20. The monoisotopic (exact) mass is 391 g/mol. The van der Waals surface area contributed by atoms with Crippen molar-refractivity contribution in [3.8, 4) is 0 Å². The van der Waals surface area contributed by atoms with Crippen LogP contribution in [0.4, 0.5) is 5.69 Å². The van der Waals surface area contributed by atoms with Gasteiger partial charge in [0.05, 0.1) is 9.21 Å². The predicted molar refractivity (Wildman–Crippen MR) is 106 cm³/mol. The van der Waals surface area contributed by atoms with Crippen LogP contribution < -0.4 is 10.6 Å². The molecule has 0 radical (unpaired) electrons. The number of thiophene rings is 1. The molecule has 138 valence electrons. The van der Waals surface area contributed by atoms with Crippen LogP contribution in [0.2, 0.25) is 4.34 Å². The first-order chi connectivity index (χ1) is 12.4. The molecule has 1 unspecified atom stereocenters. The maximum Gasteiger partial charge on any atom is 0.262 e. The molecule has 0 bridgehead atoms. The molecule has 2 heterocycles. The van der Waals surface area contributed by atoms with Gasteiger partial charge in [-0.25, -0.2) is 0 Å². The van der Waals surface area contributed by atoms with E-state index in [0.29, 0.717) is 9.21 Å². The zero-order valence-electron chi connectivity index (χ0n) is 14.8. The van der Waals surface area contributed by atoms with Crippen molar-refractivity contribution in [1.82, 2.24) is 10.2 Å². The normalized spacial score (nSPS) is 15.7. The fourth-order valence-corrected chi connectivity index (χ4v) is 3.88. The number of nitrogens with zero attached hydrogens (tertiary/aromatic N) is 1. The first-order valence-electron chi connectivity index (χ1n) is 8.60. The van der Waals surface area contributed by atoms with Crippen LogP contribution in [-0.2, 0) is 17.6 Å². The summed E-state index contributed by atoms with van der Waals surface area (Å²) in [5, 5.41) is 5.60. The molecule has 3 rings (SSSR count). The topological polar surface area (TPSA) is 61.4 Å². The zero-order chi connectivity index (χ0) is 18.7. The van der Waals surface area contributed by atoms with Crippen molar-refractivity contribution >= 4 is 40.4 Å². The lowest BCUT2D eigenvalue weighted by molar-refractivity contribution is -0.117. The maximum atomic E-state index is 12.4.